The quantitative estimate of drug-likeness (QED) is 0.766. The summed E-state index contributed by atoms with van der Waals surface area (Å²) in [5.74, 6) is 2.04. The second-order valence-corrected chi connectivity index (χ2v) is 7.81. The first-order chi connectivity index (χ1) is 11.9. The predicted octanol–water partition coefficient (Wildman–Crippen LogP) is 5.14. The molecule has 0 atom stereocenters. The van der Waals surface area contributed by atoms with Crippen LogP contribution in [0.25, 0.3) is 0 Å². The summed E-state index contributed by atoms with van der Waals surface area (Å²) in [5.41, 5.74) is 2.64. The fourth-order valence-electron chi connectivity index (χ4n) is 3.28. The third-order valence-electron chi connectivity index (χ3n) is 4.91. The Morgan fingerprint density at radius 3 is 2.40 bits per heavy atom. The lowest BCUT2D eigenvalue weighted by molar-refractivity contribution is 0.102. The average Bonchev–Trinajstić information content (AvgIpc) is 2.84. The number of hydrogen-bond acceptors (Lipinski definition) is 3. The molecule has 0 bridgehead atoms. The van der Waals surface area contributed by atoms with E-state index in [4.69, 9.17) is 4.42 Å². The molecule has 1 amide bonds. The summed E-state index contributed by atoms with van der Waals surface area (Å²) >= 11 is 3.43. The van der Waals surface area contributed by atoms with E-state index in [1.54, 1.807) is 6.92 Å². The molecule has 134 valence electrons. The highest BCUT2D eigenvalue weighted by atomic mass is 79.9. The van der Waals surface area contributed by atoms with Crippen LogP contribution in [-0.4, -0.2) is 23.9 Å². The van der Waals surface area contributed by atoms with Gasteiger partial charge in [0.2, 0.25) is 0 Å². The maximum Gasteiger partial charge on any atom is 0.260 e. The monoisotopic (exact) mass is 404 g/mol. The number of carbonyl (C=O) groups is 1. The Balaban J connectivity index is 1.61. The number of nitrogens with one attached hydrogen (secondary N) is 1. The standard InChI is InChI=1S/C20H25BrN2O2/c1-13-8-10-23(11-9-13)12-16-4-6-17(7-5-16)22-20(24)18-14(2)25-15(3)19(18)21/h4-7,13H,8-12H2,1-3H3,(H,22,24). The highest BCUT2D eigenvalue weighted by molar-refractivity contribution is 9.10. The molecular weight excluding hydrogens is 380 g/mol. The Kier molecular flexibility index (Phi) is 5.64. The molecule has 4 nitrogen and oxygen atoms in total. The molecule has 1 aliphatic rings. The highest BCUT2D eigenvalue weighted by Gasteiger charge is 2.20. The van der Waals surface area contributed by atoms with Crippen molar-refractivity contribution < 1.29 is 9.21 Å². The molecule has 3 rings (SSSR count). The lowest BCUT2D eigenvalue weighted by atomic mass is 9.99. The van der Waals surface area contributed by atoms with Crippen LogP contribution < -0.4 is 5.32 Å². The summed E-state index contributed by atoms with van der Waals surface area (Å²) in [5, 5.41) is 2.95. The normalized spacial score (nSPS) is 16.2. The van der Waals surface area contributed by atoms with Gasteiger partial charge in [0.05, 0.1) is 10.0 Å². The van der Waals surface area contributed by atoms with Crippen LogP contribution in [0.3, 0.4) is 0 Å². The fourth-order valence-corrected chi connectivity index (χ4v) is 3.82. The Labute approximate surface area is 157 Å². The van der Waals surface area contributed by atoms with Crippen molar-refractivity contribution in [2.24, 2.45) is 5.92 Å². The minimum absolute atomic E-state index is 0.154. The molecule has 0 saturated carbocycles. The highest BCUT2D eigenvalue weighted by Crippen LogP contribution is 2.28. The van der Waals surface area contributed by atoms with E-state index in [1.165, 1.54) is 31.5 Å². The van der Waals surface area contributed by atoms with Crippen LogP contribution in [-0.2, 0) is 6.54 Å². The molecule has 0 spiro atoms. The molecule has 2 heterocycles. The first kappa shape index (κ1) is 18.2. The molecule has 1 N–H and O–H groups in total. The number of piperidine rings is 1. The van der Waals surface area contributed by atoms with Gasteiger partial charge >= 0.3 is 0 Å². The van der Waals surface area contributed by atoms with Crippen molar-refractivity contribution >= 4 is 27.5 Å². The SMILES string of the molecule is Cc1oc(C)c(C(=O)Nc2ccc(CN3CCC(C)CC3)cc2)c1Br. The molecular formula is C20H25BrN2O2. The zero-order valence-electron chi connectivity index (χ0n) is 15.1. The van der Waals surface area contributed by atoms with Crippen LogP contribution in [0.4, 0.5) is 5.69 Å². The minimum atomic E-state index is -0.154. The Hall–Kier alpha value is -1.59. The molecule has 1 saturated heterocycles. The summed E-state index contributed by atoms with van der Waals surface area (Å²) < 4.78 is 6.22. The fraction of sp³-hybridized carbons (Fsp3) is 0.450. The van der Waals surface area contributed by atoms with Crippen LogP contribution in [0.15, 0.2) is 33.2 Å². The van der Waals surface area contributed by atoms with Gasteiger partial charge in [-0.1, -0.05) is 19.1 Å². The summed E-state index contributed by atoms with van der Waals surface area (Å²) in [6, 6.07) is 8.12. The van der Waals surface area contributed by atoms with E-state index in [1.807, 2.05) is 19.1 Å². The Morgan fingerprint density at radius 1 is 1.20 bits per heavy atom. The molecule has 1 aromatic heterocycles. The van der Waals surface area contributed by atoms with Crippen molar-refractivity contribution in [3.63, 3.8) is 0 Å². The van der Waals surface area contributed by atoms with Gasteiger partial charge in [-0.25, -0.2) is 0 Å². The minimum Gasteiger partial charge on any atom is -0.465 e. The van der Waals surface area contributed by atoms with Gasteiger partial charge in [0.1, 0.15) is 11.5 Å². The number of nitrogens with zero attached hydrogens (tertiary/aromatic N) is 1. The number of carbonyl (C=O) groups excluding carboxylic acids is 1. The number of likely N-dealkylation sites (tertiary alicyclic amines) is 1. The van der Waals surface area contributed by atoms with E-state index in [9.17, 15) is 4.79 Å². The number of rotatable bonds is 4. The molecule has 0 aliphatic carbocycles. The van der Waals surface area contributed by atoms with Crippen LogP contribution in [0.1, 0.15) is 47.2 Å². The zero-order valence-corrected chi connectivity index (χ0v) is 16.6. The van der Waals surface area contributed by atoms with Crippen molar-refractivity contribution in [2.75, 3.05) is 18.4 Å². The molecule has 1 aromatic carbocycles. The first-order valence-electron chi connectivity index (χ1n) is 8.82. The first-order valence-corrected chi connectivity index (χ1v) is 9.61. The summed E-state index contributed by atoms with van der Waals surface area (Å²) in [7, 11) is 0. The second-order valence-electron chi connectivity index (χ2n) is 7.01. The summed E-state index contributed by atoms with van der Waals surface area (Å²) in [6.45, 7) is 9.29. The summed E-state index contributed by atoms with van der Waals surface area (Å²) in [4.78, 5) is 15.0. The molecule has 5 heteroatoms. The lowest BCUT2D eigenvalue weighted by Crippen LogP contribution is -2.32. The van der Waals surface area contributed by atoms with E-state index in [0.29, 0.717) is 17.1 Å². The largest absolute Gasteiger partial charge is 0.465 e. The average molecular weight is 405 g/mol. The molecule has 0 unspecified atom stereocenters. The topological polar surface area (TPSA) is 45.5 Å². The van der Waals surface area contributed by atoms with Gasteiger partial charge in [0, 0.05) is 12.2 Å². The number of amides is 1. The molecule has 2 aromatic rings. The van der Waals surface area contributed by atoms with Crippen molar-refractivity contribution in [1.29, 1.82) is 0 Å². The predicted molar refractivity (Wildman–Crippen MR) is 104 cm³/mol. The van der Waals surface area contributed by atoms with Gasteiger partial charge in [-0.15, -0.1) is 0 Å². The van der Waals surface area contributed by atoms with Crippen molar-refractivity contribution in [2.45, 2.75) is 40.2 Å². The Bertz CT molecular complexity index is 744. The molecule has 25 heavy (non-hydrogen) atoms. The maximum atomic E-state index is 12.5. The van der Waals surface area contributed by atoms with Gasteiger partial charge < -0.3 is 9.73 Å². The number of hydrogen-bond donors (Lipinski definition) is 1. The van der Waals surface area contributed by atoms with Gasteiger partial charge in [0.25, 0.3) is 5.91 Å². The van der Waals surface area contributed by atoms with Crippen molar-refractivity contribution in [1.82, 2.24) is 4.90 Å². The number of aryl methyl sites for hydroxylation is 2. The maximum absolute atomic E-state index is 12.5. The van der Waals surface area contributed by atoms with E-state index in [-0.39, 0.29) is 5.91 Å². The third-order valence-corrected chi connectivity index (χ3v) is 5.86. The van der Waals surface area contributed by atoms with Crippen molar-refractivity contribution in [3.05, 3.63) is 51.4 Å². The van der Waals surface area contributed by atoms with E-state index >= 15 is 0 Å². The number of furan rings is 1. The van der Waals surface area contributed by atoms with Gasteiger partial charge in [-0.2, -0.15) is 0 Å². The molecule has 1 aliphatic heterocycles. The second kappa shape index (κ2) is 7.75. The smallest absolute Gasteiger partial charge is 0.260 e. The van der Waals surface area contributed by atoms with Crippen LogP contribution >= 0.6 is 15.9 Å². The van der Waals surface area contributed by atoms with Crippen LogP contribution in [0.2, 0.25) is 0 Å². The Morgan fingerprint density at radius 2 is 1.84 bits per heavy atom. The van der Waals surface area contributed by atoms with Crippen molar-refractivity contribution in [3.8, 4) is 0 Å². The van der Waals surface area contributed by atoms with E-state index in [2.05, 4.69) is 45.2 Å². The molecule has 0 radical (unpaired) electrons. The molecule has 1 fully saturated rings. The number of halogens is 1. The number of anilines is 1. The number of benzene rings is 1. The van der Waals surface area contributed by atoms with E-state index < -0.39 is 0 Å². The van der Waals surface area contributed by atoms with Crippen LogP contribution in [0.5, 0.6) is 0 Å². The van der Waals surface area contributed by atoms with E-state index in [0.717, 1.165) is 22.6 Å². The summed E-state index contributed by atoms with van der Waals surface area (Å²) in [6.07, 6.45) is 2.57. The van der Waals surface area contributed by atoms with Gasteiger partial charge in [-0.05, 0) is 79.3 Å². The third kappa shape index (κ3) is 4.33. The van der Waals surface area contributed by atoms with Crippen LogP contribution in [0, 0.1) is 19.8 Å². The van der Waals surface area contributed by atoms with Gasteiger partial charge in [0.15, 0.2) is 0 Å². The van der Waals surface area contributed by atoms with Gasteiger partial charge in [-0.3, -0.25) is 9.69 Å². The lowest BCUT2D eigenvalue weighted by Gasteiger charge is -2.30. The zero-order chi connectivity index (χ0) is 18.0.